The number of aromatic nitrogens is 2. The molecule has 0 spiro atoms. The van der Waals surface area contributed by atoms with Gasteiger partial charge >= 0.3 is 0 Å². The number of thiophene rings is 1. The maximum absolute atomic E-state index is 6.36. The summed E-state index contributed by atoms with van der Waals surface area (Å²) in [6, 6.07) is 0. The SMILES string of the molecule is Cc1sc2nc(CN3CCC(C)(C)C3)nc(Cl)c2c1C. The summed E-state index contributed by atoms with van der Waals surface area (Å²) in [5.74, 6) is 0.849. The normalized spacial score (nSPS) is 19.1. The van der Waals surface area contributed by atoms with Crippen molar-refractivity contribution in [1.82, 2.24) is 14.9 Å². The van der Waals surface area contributed by atoms with Gasteiger partial charge in [-0.25, -0.2) is 9.97 Å². The zero-order valence-corrected chi connectivity index (χ0v) is 14.0. The van der Waals surface area contributed by atoms with Gasteiger partial charge < -0.3 is 0 Å². The summed E-state index contributed by atoms with van der Waals surface area (Å²) < 4.78 is 0. The molecule has 1 aliphatic rings. The van der Waals surface area contributed by atoms with Crippen LogP contribution in [-0.2, 0) is 6.54 Å². The van der Waals surface area contributed by atoms with E-state index in [0.717, 1.165) is 35.7 Å². The van der Waals surface area contributed by atoms with Crippen molar-refractivity contribution < 1.29 is 0 Å². The van der Waals surface area contributed by atoms with E-state index < -0.39 is 0 Å². The van der Waals surface area contributed by atoms with Gasteiger partial charge in [-0.1, -0.05) is 25.4 Å². The first-order valence-electron chi connectivity index (χ1n) is 7.00. The van der Waals surface area contributed by atoms with Gasteiger partial charge in [-0.05, 0) is 37.8 Å². The minimum absolute atomic E-state index is 0.407. The van der Waals surface area contributed by atoms with Crippen LogP contribution in [0, 0.1) is 19.3 Å². The Morgan fingerprint density at radius 1 is 1.30 bits per heavy atom. The third kappa shape index (κ3) is 2.57. The Morgan fingerprint density at radius 2 is 2.05 bits per heavy atom. The molecule has 0 aromatic carbocycles. The van der Waals surface area contributed by atoms with Gasteiger partial charge in [-0.3, -0.25) is 4.90 Å². The van der Waals surface area contributed by atoms with Crippen molar-refractivity contribution in [1.29, 1.82) is 0 Å². The molecule has 0 unspecified atom stereocenters. The van der Waals surface area contributed by atoms with E-state index in [2.05, 4.69) is 37.6 Å². The third-order valence-corrected chi connectivity index (χ3v) is 5.53. The Balaban J connectivity index is 1.90. The fraction of sp³-hybridized carbons (Fsp3) is 0.600. The standard InChI is InChI=1S/C15H20ClN3S/c1-9-10(2)20-14-12(9)13(16)17-11(18-14)7-19-6-5-15(3,4)8-19/h5-8H2,1-4H3. The van der Waals surface area contributed by atoms with Crippen LogP contribution in [0.15, 0.2) is 0 Å². The van der Waals surface area contributed by atoms with Crippen molar-refractivity contribution in [3.63, 3.8) is 0 Å². The maximum Gasteiger partial charge on any atom is 0.145 e. The van der Waals surface area contributed by atoms with Gasteiger partial charge in [-0.2, -0.15) is 0 Å². The number of fused-ring (bicyclic) bond motifs is 1. The van der Waals surface area contributed by atoms with Crippen LogP contribution in [0.4, 0.5) is 0 Å². The number of likely N-dealkylation sites (tertiary alicyclic amines) is 1. The average molecular weight is 310 g/mol. The zero-order chi connectivity index (χ0) is 14.5. The molecule has 0 radical (unpaired) electrons. The zero-order valence-electron chi connectivity index (χ0n) is 12.5. The highest BCUT2D eigenvalue weighted by atomic mass is 35.5. The molecule has 2 aromatic rings. The minimum atomic E-state index is 0.407. The summed E-state index contributed by atoms with van der Waals surface area (Å²) in [6.45, 7) is 11.9. The van der Waals surface area contributed by atoms with Crippen LogP contribution < -0.4 is 0 Å². The molecule has 108 valence electrons. The Hall–Kier alpha value is -0.710. The molecule has 0 bridgehead atoms. The van der Waals surface area contributed by atoms with Crippen molar-refractivity contribution in [3.05, 3.63) is 21.4 Å². The van der Waals surface area contributed by atoms with Crippen molar-refractivity contribution >= 4 is 33.2 Å². The second-order valence-corrected chi connectivity index (χ2v) is 8.08. The highest BCUT2D eigenvalue weighted by Gasteiger charge is 2.29. The Kier molecular flexibility index (Phi) is 3.51. The van der Waals surface area contributed by atoms with E-state index in [1.807, 2.05) is 0 Å². The average Bonchev–Trinajstić information content (AvgIpc) is 2.80. The van der Waals surface area contributed by atoms with Crippen LogP contribution in [-0.4, -0.2) is 28.0 Å². The topological polar surface area (TPSA) is 29.0 Å². The van der Waals surface area contributed by atoms with E-state index in [1.165, 1.54) is 16.9 Å². The molecule has 1 fully saturated rings. The molecule has 3 heterocycles. The fourth-order valence-corrected chi connectivity index (χ4v) is 4.30. The van der Waals surface area contributed by atoms with Crippen LogP contribution in [0.5, 0.6) is 0 Å². The fourth-order valence-electron chi connectivity index (χ4n) is 2.87. The maximum atomic E-state index is 6.36. The Bertz CT molecular complexity index is 663. The van der Waals surface area contributed by atoms with Crippen LogP contribution in [0.1, 0.15) is 36.5 Å². The van der Waals surface area contributed by atoms with Crippen LogP contribution in [0.3, 0.4) is 0 Å². The number of hydrogen-bond donors (Lipinski definition) is 0. The molecule has 1 saturated heterocycles. The second kappa shape index (κ2) is 4.93. The highest BCUT2D eigenvalue weighted by Crippen LogP contribution is 2.34. The summed E-state index contributed by atoms with van der Waals surface area (Å²) in [7, 11) is 0. The first kappa shape index (κ1) is 14.2. The lowest BCUT2D eigenvalue weighted by molar-refractivity contribution is 0.279. The van der Waals surface area contributed by atoms with Crippen molar-refractivity contribution in [2.75, 3.05) is 13.1 Å². The van der Waals surface area contributed by atoms with E-state index in [-0.39, 0.29) is 0 Å². The molecular formula is C15H20ClN3S. The van der Waals surface area contributed by atoms with Gasteiger partial charge in [0.15, 0.2) is 0 Å². The molecule has 0 N–H and O–H groups in total. The van der Waals surface area contributed by atoms with Gasteiger partial charge in [0, 0.05) is 11.4 Å². The van der Waals surface area contributed by atoms with Crippen molar-refractivity contribution in [2.45, 2.75) is 40.7 Å². The number of aryl methyl sites for hydroxylation is 2. The molecule has 0 saturated carbocycles. The lowest BCUT2D eigenvalue weighted by Crippen LogP contribution is -2.23. The van der Waals surface area contributed by atoms with Gasteiger partial charge in [0.25, 0.3) is 0 Å². The monoisotopic (exact) mass is 309 g/mol. The van der Waals surface area contributed by atoms with Crippen LogP contribution in [0.2, 0.25) is 5.15 Å². The molecule has 5 heteroatoms. The second-order valence-electron chi connectivity index (χ2n) is 6.52. The number of rotatable bonds is 2. The van der Waals surface area contributed by atoms with Gasteiger partial charge in [0.05, 0.1) is 11.9 Å². The molecule has 0 amide bonds. The summed E-state index contributed by atoms with van der Waals surface area (Å²) >= 11 is 8.07. The van der Waals surface area contributed by atoms with E-state index in [1.54, 1.807) is 11.3 Å². The number of hydrogen-bond acceptors (Lipinski definition) is 4. The summed E-state index contributed by atoms with van der Waals surface area (Å²) in [4.78, 5) is 13.9. The van der Waals surface area contributed by atoms with E-state index in [9.17, 15) is 0 Å². The van der Waals surface area contributed by atoms with Gasteiger partial charge in [0.1, 0.15) is 15.8 Å². The van der Waals surface area contributed by atoms with Crippen LogP contribution in [0.25, 0.3) is 10.2 Å². The smallest absolute Gasteiger partial charge is 0.145 e. The number of nitrogens with zero attached hydrogens (tertiary/aromatic N) is 3. The van der Waals surface area contributed by atoms with Crippen molar-refractivity contribution in [2.24, 2.45) is 5.41 Å². The summed E-state index contributed by atoms with van der Waals surface area (Å²) in [5.41, 5.74) is 1.62. The lowest BCUT2D eigenvalue weighted by Gasteiger charge is -2.18. The van der Waals surface area contributed by atoms with Gasteiger partial charge in [0.2, 0.25) is 0 Å². The molecule has 2 aromatic heterocycles. The molecule has 1 aliphatic heterocycles. The van der Waals surface area contributed by atoms with E-state index in [4.69, 9.17) is 16.6 Å². The van der Waals surface area contributed by atoms with E-state index in [0.29, 0.717) is 10.6 Å². The molecular weight excluding hydrogens is 290 g/mol. The number of halogens is 1. The minimum Gasteiger partial charge on any atom is -0.295 e. The summed E-state index contributed by atoms with van der Waals surface area (Å²) in [6.07, 6.45) is 1.24. The molecule has 3 rings (SSSR count). The third-order valence-electron chi connectivity index (χ3n) is 4.15. The highest BCUT2D eigenvalue weighted by molar-refractivity contribution is 7.18. The lowest BCUT2D eigenvalue weighted by atomic mass is 9.93. The largest absolute Gasteiger partial charge is 0.295 e. The van der Waals surface area contributed by atoms with Crippen molar-refractivity contribution in [3.8, 4) is 0 Å². The first-order valence-corrected chi connectivity index (χ1v) is 8.20. The predicted molar refractivity (Wildman–Crippen MR) is 85.6 cm³/mol. The van der Waals surface area contributed by atoms with E-state index >= 15 is 0 Å². The molecule has 3 nitrogen and oxygen atoms in total. The Labute approximate surface area is 129 Å². The first-order chi connectivity index (χ1) is 9.35. The molecule has 20 heavy (non-hydrogen) atoms. The molecule has 0 aliphatic carbocycles. The summed E-state index contributed by atoms with van der Waals surface area (Å²) in [5, 5.41) is 1.63. The predicted octanol–water partition coefficient (Wildman–Crippen LogP) is 4.19. The molecule has 0 atom stereocenters. The van der Waals surface area contributed by atoms with Crippen LogP contribution >= 0.6 is 22.9 Å². The quantitative estimate of drug-likeness (QED) is 0.779. The Morgan fingerprint density at radius 3 is 2.70 bits per heavy atom. The van der Waals surface area contributed by atoms with Gasteiger partial charge in [-0.15, -0.1) is 11.3 Å².